The molecule has 0 unspecified atom stereocenters. The molecule has 0 atom stereocenters. The predicted octanol–water partition coefficient (Wildman–Crippen LogP) is 4.87. The number of aromatic nitrogens is 2. The van der Waals surface area contributed by atoms with Crippen molar-refractivity contribution in [3.8, 4) is 0 Å². The third-order valence-corrected chi connectivity index (χ3v) is 4.01. The maximum Gasteiger partial charge on any atom is 0.420 e. The minimum absolute atomic E-state index is 0.0634. The van der Waals surface area contributed by atoms with Crippen molar-refractivity contribution >= 4 is 40.8 Å². The van der Waals surface area contributed by atoms with Crippen LogP contribution in [0.25, 0.3) is 0 Å². The first kappa shape index (κ1) is 20.9. The summed E-state index contributed by atoms with van der Waals surface area (Å²) in [6.45, 7) is 3.25. The molecule has 0 saturated heterocycles. The van der Waals surface area contributed by atoms with Gasteiger partial charge in [-0.2, -0.15) is 4.98 Å². The first-order chi connectivity index (χ1) is 14.5. The normalized spacial score (nSPS) is 10.2. The maximum absolute atomic E-state index is 13.4. The number of ether oxygens (including phenoxy) is 1. The summed E-state index contributed by atoms with van der Waals surface area (Å²) in [6, 6.07) is 13.7. The monoisotopic (exact) mass is 426 g/mol. The molecule has 9 heteroatoms. The molecule has 3 rings (SSSR count). The van der Waals surface area contributed by atoms with Crippen LogP contribution in [0.15, 0.2) is 73.4 Å². The highest BCUT2D eigenvalue weighted by molar-refractivity contribution is 6.28. The van der Waals surface area contributed by atoms with E-state index in [2.05, 4.69) is 21.9 Å². The van der Waals surface area contributed by atoms with Crippen LogP contribution in [-0.2, 0) is 16.1 Å². The highest BCUT2D eigenvalue weighted by Crippen LogP contribution is 2.28. The van der Waals surface area contributed by atoms with Crippen LogP contribution in [0, 0.1) is 5.82 Å². The molecular formula is C21H16ClFN4O3. The molecule has 30 heavy (non-hydrogen) atoms. The van der Waals surface area contributed by atoms with Gasteiger partial charge in [0.1, 0.15) is 18.2 Å². The summed E-state index contributed by atoms with van der Waals surface area (Å²) >= 11 is 5.88. The van der Waals surface area contributed by atoms with Gasteiger partial charge in [-0.15, -0.1) is 0 Å². The summed E-state index contributed by atoms with van der Waals surface area (Å²) in [4.78, 5) is 33.5. The molecule has 0 aliphatic carbocycles. The minimum atomic E-state index is -0.777. The number of benzene rings is 2. The number of amides is 2. The molecule has 0 radical (unpaired) electrons. The van der Waals surface area contributed by atoms with E-state index < -0.39 is 17.8 Å². The zero-order chi connectivity index (χ0) is 21.5. The van der Waals surface area contributed by atoms with Gasteiger partial charge in [-0.25, -0.2) is 19.1 Å². The molecule has 0 aliphatic heterocycles. The first-order valence-electron chi connectivity index (χ1n) is 8.69. The molecule has 0 saturated carbocycles. The molecule has 0 aliphatic rings. The molecule has 2 aromatic carbocycles. The van der Waals surface area contributed by atoms with Gasteiger partial charge in [0.15, 0.2) is 0 Å². The zero-order valence-electron chi connectivity index (χ0n) is 15.6. The van der Waals surface area contributed by atoms with Crippen molar-refractivity contribution in [3.05, 3.63) is 90.1 Å². The largest absolute Gasteiger partial charge is 0.444 e. The van der Waals surface area contributed by atoms with Gasteiger partial charge < -0.3 is 10.1 Å². The highest BCUT2D eigenvalue weighted by Gasteiger charge is 2.22. The third-order valence-electron chi connectivity index (χ3n) is 3.83. The third kappa shape index (κ3) is 5.39. The van der Waals surface area contributed by atoms with E-state index in [1.54, 1.807) is 30.3 Å². The van der Waals surface area contributed by atoms with E-state index in [1.165, 1.54) is 30.5 Å². The summed E-state index contributed by atoms with van der Waals surface area (Å²) in [5, 5.41) is 2.55. The number of nitrogens with one attached hydrogen (secondary N) is 1. The molecular weight excluding hydrogens is 411 g/mol. The SMILES string of the molecule is C=CC(=O)Nc1cccc(N(C(=O)OCc2cccc(F)c2)c2ccnc(Cl)n2)c1. The summed E-state index contributed by atoms with van der Waals surface area (Å²) in [7, 11) is 0. The molecule has 0 bridgehead atoms. The quantitative estimate of drug-likeness (QED) is 0.449. The number of nitrogens with zero attached hydrogens (tertiary/aromatic N) is 3. The van der Waals surface area contributed by atoms with E-state index in [0.29, 0.717) is 16.9 Å². The van der Waals surface area contributed by atoms with E-state index in [4.69, 9.17) is 16.3 Å². The minimum Gasteiger partial charge on any atom is -0.444 e. The molecule has 0 fully saturated rings. The van der Waals surface area contributed by atoms with Gasteiger partial charge in [0.2, 0.25) is 11.2 Å². The molecule has 1 N–H and O–H groups in total. The smallest absolute Gasteiger partial charge is 0.420 e. The Bertz CT molecular complexity index is 1090. The van der Waals surface area contributed by atoms with E-state index in [1.807, 2.05) is 0 Å². The number of hydrogen-bond acceptors (Lipinski definition) is 5. The lowest BCUT2D eigenvalue weighted by molar-refractivity contribution is -0.111. The summed E-state index contributed by atoms with van der Waals surface area (Å²) < 4.78 is 18.7. The Balaban J connectivity index is 1.91. The second-order valence-electron chi connectivity index (χ2n) is 5.95. The Morgan fingerprint density at radius 2 is 2.00 bits per heavy atom. The number of rotatable bonds is 6. The van der Waals surface area contributed by atoms with Gasteiger partial charge in [-0.3, -0.25) is 4.79 Å². The molecule has 152 valence electrons. The summed E-state index contributed by atoms with van der Waals surface area (Å²) in [6.07, 6.45) is 1.74. The Kier molecular flexibility index (Phi) is 6.71. The number of carbonyl (C=O) groups is 2. The van der Waals surface area contributed by atoms with Crippen LogP contribution in [0.4, 0.5) is 26.4 Å². The Hall–Kier alpha value is -3.78. The lowest BCUT2D eigenvalue weighted by atomic mass is 10.2. The van der Waals surface area contributed by atoms with E-state index in [9.17, 15) is 14.0 Å². The molecule has 3 aromatic rings. The number of anilines is 3. The average molecular weight is 427 g/mol. The lowest BCUT2D eigenvalue weighted by Gasteiger charge is -2.22. The van der Waals surface area contributed by atoms with Crippen molar-refractivity contribution in [1.82, 2.24) is 9.97 Å². The molecule has 0 spiro atoms. The molecule has 1 heterocycles. The van der Waals surface area contributed by atoms with Crippen molar-refractivity contribution in [3.63, 3.8) is 0 Å². The van der Waals surface area contributed by atoms with Crippen molar-refractivity contribution in [2.75, 3.05) is 10.2 Å². The highest BCUT2D eigenvalue weighted by atomic mass is 35.5. The second kappa shape index (κ2) is 9.62. The second-order valence-corrected chi connectivity index (χ2v) is 6.29. The lowest BCUT2D eigenvalue weighted by Crippen LogP contribution is -2.27. The van der Waals surface area contributed by atoms with Gasteiger partial charge in [-0.05, 0) is 53.6 Å². The molecule has 2 amide bonds. The summed E-state index contributed by atoms with van der Waals surface area (Å²) in [5.41, 5.74) is 1.27. The zero-order valence-corrected chi connectivity index (χ0v) is 16.3. The Morgan fingerprint density at radius 3 is 2.73 bits per heavy atom. The molecule has 7 nitrogen and oxygen atoms in total. The Morgan fingerprint density at radius 1 is 1.20 bits per heavy atom. The van der Waals surface area contributed by atoms with Gasteiger partial charge in [0.25, 0.3) is 0 Å². The van der Waals surface area contributed by atoms with Gasteiger partial charge in [0, 0.05) is 18.0 Å². The number of halogens is 2. The van der Waals surface area contributed by atoms with Gasteiger partial charge in [-0.1, -0.05) is 24.8 Å². The van der Waals surface area contributed by atoms with Crippen molar-refractivity contribution < 1.29 is 18.7 Å². The fraction of sp³-hybridized carbons (Fsp3) is 0.0476. The number of carbonyl (C=O) groups excluding carboxylic acids is 2. The van der Waals surface area contributed by atoms with Crippen LogP contribution in [-0.4, -0.2) is 22.0 Å². The van der Waals surface area contributed by atoms with Gasteiger partial charge in [0.05, 0.1) is 5.69 Å². The van der Waals surface area contributed by atoms with Crippen LogP contribution < -0.4 is 10.2 Å². The average Bonchev–Trinajstić information content (AvgIpc) is 2.73. The number of hydrogen-bond donors (Lipinski definition) is 1. The van der Waals surface area contributed by atoms with Crippen LogP contribution in [0.3, 0.4) is 0 Å². The maximum atomic E-state index is 13.4. The first-order valence-corrected chi connectivity index (χ1v) is 9.07. The fourth-order valence-electron chi connectivity index (χ4n) is 2.53. The van der Waals surface area contributed by atoms with Crippen molar-refractivity contribution in [2.45, 2.75) is 6.61 Å². The van der Waals surface area contributed by atoms with Crippen molar-refractivity contribution in [1.29, 1.82) is 0 Å². The van der Waals surface area contributed by atoms with Crippen molar-refractivity contribution in [2.24, 2.45) is 0 Å². The molecule has 1 aromatic heterocycles. The van der Waals surface area contributed by atoms with Crippen LogP contribution in [0.2, 0.25) is 5.28 Å². The van der Waals surface area contributed by atoms with E-state index in [0.717, 1.165) is 11.0 Å². The van der Waals surface area contributed by atoms with E-state index in [-0.39, 0.29) is 17.7 Å². The van der Waals surface area contributed by atoms with E-state index >= 15 is 0 Å². The van der Waals surface area contributed by atoms with Crippen LogP contribution >= 0.6 is 11.6 Å². The van der Waals surface area contributed by atoms with Gasteiger partial charge >= 0.3 is 6.09 Å². The topological polar surface area (TPSA) is 84.4 Å². The predicted molar refractivity (Wildman–Crippen MR) is 111 cm³/mol. The van der Waals surface area contributed by atoms with Crippen LogP contribution in [0.5, 0.6) is 0 Å². The summed E-state index contributed by atoms with van der Waals surface area (Å²) in [5.74, 6) is -0.683. The van der Waals surface area contributed by atoms with Crippen LogP contribution in [0.1, 0.15) is 5.56 Å². The fourth-order valence-corrected chi connectivity index (χ4v) is 2.68. The standard InChI is InChI=1S/C21H16ClFN4O3/c1-2-19(28)25-16-7-4-8-17(12-16)27(18-9-10-24-20(22)26-18)21(29)30-13-14-5-3-6-15(23)11-14/h2-12H,1,13H2,(H,25,28). The Labute approximate surface area is 176 Å².